The number of aromatic nitrogens is 3. The van der Waals surface area contributed by atoms with Crippen LogP contribution in [0.5, 0.6) is 0 Å². The van der Waals surface area contributed by atoms with Crippen LogP contribution >= 0.6 is 47.8 Å². The largest absolute Gasteiger partial charge is 0.480 e. The Hall–Kier alpha value is -4.02. The molecule has 2 atom stereocenters. The zero-order valence-corrected chi connectivity index (χ0v) is 28.0. The second-order valence-electron chi connectivity index (χ2n) is 9.93. The van der Waals surface area contributed by atoms with Crippen molar-refractivity contribution in [2.75, 3.05) is 0 Å². The van der Waals surface area contributed by atoms with Crippen LogP contribution in [0.2, 0.25) is 0 Å². The first-order valence-electron chi connectivity index (χ1n) is 13.2. The number of benzene rings is 3. The molecule has 0 radical (unpaired) electrons. The zero-order chi connectivity index (χ0) is 32.8. The second kappa shape index (κ2) is 14.8. The van der Waals surface area contributed by atoms with Gasteiger partial charge in [0, 0.05) is 67.3 Å². The number of fused-ring (bicyclic) bond motifs is 3. The van der Waals surface area contributed by atoms with Gasteiger partial charge in [-0.1, -0.05) is 59.9 Å². The third kappa shape index (κ3) is 8.58. The van der Waals surface area contributed by atoms with Crippen LogP contribution in [0.25, 0.3) is 32.7 Å². The summed E-state index contributed by atoms with van der Waals surface area (Å²) in [6, 6.07) is 15.2. The molecule has 0 saturated carbocycles. The number of aromatic amines is 3. The monoisotopic (exact) mass is 804 g/mol. The van der Waals surface area contributed by atoms with Gasteiger partial charge >= 0.3 is 11.9 Å². The average molecular weight is 807 g/mol. The van der Waals surface area contributed by atoms with Gasteiger partial charge in [0.25, 0.3) is 5.69 Å². The summed E-state index contributed by atoms with van der Waals surface area (Å²) >= 11 is 9.97. The number of H-pyrrole nitrogens is 3. The van der Waals surface area contributed by atoms with Crippen molar-refractivity contribution < 1.29 is 24.7 Å². The number of rotatable bonds is 7. The molecule has 6 aromatic rings. The highest BCUT2D eigenvalue weighted by atomic mass is 79.9. The number of halogens is 3. The maximum atomic E-state index is 11.1. The molecule has 0 aliphatic heterocycles. The second-order valence-corrected chi connectivity index (χ2v) is 12.7. The number of aliphatic carboxylic acids is 2. The molecule has 0 fully saturated rings. The fraction of sp³-hybridized carbons (Fsp3) is 0.133. The predicted octanol–water partition coefficient (Wildman–Crippen LogP) is 6.61. The third-order valence-corrected chi connectivity index (χ3v) is 8.21. The molecule has 234 valence electrons. The molecule has 3 heterocycles. The lowest BCUT2D eigenvalue weighted by molar-refractivity contribution is -0.383. The average Bonchev–Trinajstić information content (AvgIpc) is 3.71. The van der Waals surface area contributed by atoms with E-state index in [0.717, 1.165) is 25.4 Å². The minimum Gasteiger partial charge on any atom is -0.480 e. The summed E-state index contributed by atoms with van der Waals surface area (Å²) < 4.78 is 2.67. The Morgan fingerprint density at radius 2 is 1.31 bits per heavy atom. The number of carboxylic acid groups (broad SMARTS) is 2. The maximum absolute atomic E-state index is 11.1. The van der Waals surface area contributed by atoms with Crippen LogP contribution in [-0.4, -0.2) is 54.1 Å². The quantitative estimate of drug-likeness (QED) is 0.0687. The van der Waals surface area contributed by atoms with Crippen molar-refractivity contribution in [2.45, 2.75) is 24.9 Å². The van der Waals surface area contributed by atoms with E-state index >= 15 is 0 Å². The molecule has 0 amide bonds. The van der Waals surface area contributed by atoms with Crippen molar-refractivity contribution in [1.29, 1.82) is 0 Å². The Morgan fingerprint density at radius 3 is 1.96 bits per heavy atom. The summed E-state index contributed by atoms with van der Waals surface area (Å²) in [4.78, 5) is 41.1. The molecule has 2 unspecified atom stereocenters. The molecule has 3 aromatic carbocycles. The Morgan fingerprint density at radius 1 is 0.756 bits per heavy atom. The van der Waals surface area contributed by atoms with Gasteiger partial charge in [-0.05, 0) is 52.9 Å². The van der Waals surface area contributed by atoms with Crippen LogP contribution in [0.4, 0.5) is 5.69 Å². The summed E-state index contributed by atoms with van der Waals surface area (Å²) in [5.74, 6) is -2.12. The van der Waals surface area contributed by atoms with E-state index in [0.29, 0.717) is 27.4 Å². The predicted molar refractivity (Wildman–Crippen MR) is 183 cm³/mol. The Bertz CT molecular complexity index is 2000. The number of nitrogens with zero attached hydrogens (tertiary/aromatic N) is 1. The normalized spacial score (nSPS) is 12.2. The van der Waals surface area contributed by atoms with Gasteiger partial charge in [0.2, 0.25) is 0 Å². The van der Waals surface area contributed by atoms with Gasteiger partial charge in [0.1, 0.15) is 12.1 Å². The van der Waals surface area contributed by atoms with E-state index in [9.17, 15) is 19.7 Å². The molecule has 0 saturated heterocycles. The van der Waals surface area contributed by atoms with E-state index < -0.39 is 28.9 Å². The molecule has 3 aromatic heterocycles. The van der Waals surface area contributed by atoms with E-state index in [1.54, 1.807) is 18.5 Å². The van der Waals surface area contributed by atoms with Gasteiger partial charge in [-0.2, -0.15) is 0 Å². The first kappa shape index (κ1) is 33.9. The van der Waals surface area contributed by atoms with Gasteiger partial charge in [-0.3, -0.25) is 19.7 Å². The van der Waals surface area contributed by atoms with Gasteiger partial charge in [0.05, 0.1) is 15.8 Å². The smallest absolute Gasteiger partial charge is 0.320 e. The molecule has 0 aliphatic rings. The van der Waals surface area contributed by atoms with Gasteiger partial charge in [-0.15, -0.1) is 0 Å². The number of nitrogens with two attached hydrogens (primary N) is 2. The standard InChI is InChI=1S/C11H10BrN3O4.C11H11BrN2O2.C8H6BrN/c12-6-2-8-10(9(3-6)15(18)19)5(4-14-8)1-7(13)11(16)17;12-7-1-2-8-6(3-9(13)11(15)16)5-14-10(8)4-7;9-7-2-1-6-3-4-10-8(6)5-7/h2-4,7,14H,1,13H2,(H,16,17);1-2,4-5,9,14H,3,13H2,(H,15,16);1-5,10H. The molecule has 15 heteroatoms. The minimum absolute atomic E-state index is 0.0256. The van der Waals surface area contributed by atoms with Crippen LogP contribution in [0.15, 0.2) is 86.6 Å². The van der Waals surface area contributed by atoms with Crippen molar-refractivity contribution in [1.82, 2.24) is 15.0 Å². The first-order chi connectivity index (χ1) is 21.3. The van der Waals surface area contributed by atoms with E-state index in [-0.39, 0.29) is 12.1 Å². The third-order valence-electron chi connectivity index (χ3n) is 6.76. The number of carbonyl (C=O) groups is 2. The summed E-state index contributed by atoms with van der Waals surface area (Å²) in [5.41, 5.74) is 15.0. The molecule has 45 heavy (non-hydrogen) atoms. The van der Waals surface area contributed by atoms with Crippen molar-refractivity contribution in [2.24, 2.45) is 11.5 Å². The maximum Gasteiger partial charge on any atom is 0.320 e. The zero-order valence-electron chi connectivity index (χ0n) is 23.3. The van der Waals surface area contributed by atoms with Gasteiger partial charge in [-0.25, -0.2) is 0 Å². The number of carboxylic acids is 2. The molecule has 6 rings (SSSR count). The van der Waals surface area contributed by atoms with Gasteiger partial charge < -0.3 is 36.6 Å². The Labute approximate surface area is 280 Å². The van der Waals surface area contributed by atoms with Crippen LogP contribution in [0, 0.1) is 10.1 Å². The van der Waals surface area contributed by atoms with Crippen LogP contribution in [0.3, 0.4) is 0 Å². The van der Waals surface area contributed by atoms with E-state index in [4.69, 9.17) is 21.7 Å². The number of hydrogen-bond acceptors (Lipinski definition) is 6. The number of nitrogens with one attached hydrogen (secondary N) is 3. The molecular formula is C30H27Br3N6O6. The summed E-state index contributed by atoms with van der Waals surface area (Å²) in [6.07, 6.45) is 5.65. The lowest BCUT2D eigenvalue weighted by atomic mass is 10.0. The van der Waals surface area contributed by atoms with Crippen LogP contribution in [0.1, 0.15) is 11.1 Å². The topological polar surface area (TPSA) is 217 Å². The molecular weight excluding hydrogens is 780 g/mol. The number of nitro groups is 1. The fourth-order valence-corrected chi connectivity index (χ4v) is 5.75. The molecule has 0 spiro atoms. The van der Waals surface area contributed by atoms with E-state index in [2.05, 4.69) is 80.9 Å². The molecule has 0 bridgehead atoms. The number of hydrogen-bond donors (Lipinski definition) is 7. The molecule has 9 N–H and O–H groups in total. The van der Waals surface area contributed by atoms with Crippen molar-refractivity contribution in [3.05, 3.63) is 108 Å². The minimum atomic E-state index is -1.14. The van der Waals surface area contributed by atoms with Crippen molar-refractivity contribution in [3.63, 3.8) is 0 Å². The lowest BCUT2D eigenvalue weighted by Crippen LogP contribution is -2.32. The van der Waals surface area contributed by atoms with Crippen LogP contribution in [-0.2, 0) is 22.4 Å². The highest BCUT2D eigenvalue weighted by Gasteiger charge is 2.21. The Balaban J connectivity index is 0.000000160. The fourth-order valence-electron chi connectivity index (χ4n) is 4.58. The Kier molecular flexibility index (Phi) is 11.2. The number of non-ortho nitro benzene ring substituents is 1. The number of nitro benzene ring substituents is 1. The van der Waals surface area contributed by atoms with Gasteiger partial charge in [0.15, 0.2) is 0 Å². The molecule has 0 aliphatic carbocycles. The summed E-state index contributed by atoms with van der Waals surface area (Å²) in [6.45, 7) is 0. The molecule has 12 nitrogen and oxygen atoms in total. The first-order valence-corrected chi connectivity index (χ1v) is 15.6. The van der Waals surface area contributed by atoms with E-state index in [1.165, 1.54) is 17.0 Å². The lowest BCUT2D eigenvalue weighted by Gasteiger charge is -2.05. The highest BCUT2D eigenvalue weighted by Crippen LogP contribution is 2.33. The SMILES string of the molecule is Brc1ccc2cc[nH]c2c1.NC(Cc1c[nH]c2cc(Br)cc([N+](=O)[O-])c12)C(=O)O.NC(Cc1c[nH]c2cc(Br)ccc12)C(=O)O. The van der Waals surface area contributed by atoms with Crippen molar-refractivity contribution >= 4 is 98.1 Å². The van der Waals surface area contributed by atoms with Crippen LogP contribution < -0.4 is 11.5 Å². The van der Waals surface area contributed by atoms with Crippen molar-refractivity contribution in [3.8, 4) is 0 Å². The summed E-state index contributed by atoms with van der Waals surface area (Å²) in [7, 11) is 0. The summed E-state index contributed by atoms with van der Waals surface area (Å²) in [5, 5.41) is 31.3. The van der Waals surface area contributed by atoms with E-state index in [1.807, 2.05) is 30.5 Å². The highest BCUT2D eigenvalue weighted by molar-refractivity contribution is 9.11.